The number of anilines is 2. The van der Waals surface area contributed by atoms with Gasteiger partial charge in [-0.15, -0.1) is 0 Å². The van der Waals surface area contributed by atoms with Crippen LogP contribution in [0.15, 0.2) is 30.3 Å². The van der Waals surface area contributed by atoms with E-state index in [1.165, 1.54) is 6.07 Å². The Kier molecular flexibility index (Phi) is 5.57. The third-order valence-electron chi connectivity index (χ3n) is 3.88. The number of benzene rings is 1. The summed E-state index contributed by atoms with van der Waals surface area (Å²) in [4.78, 5) is 20.2. The zero-order chi connectivity index (χ0) is 19.4. The molecule has 27 heavy (non-hydrogen) atoms. The molecule has 1 saturated carbocycles. The zero-order valence-electron chi connectivity index (χ0n) is 14.6. The fourth-order valence-electron chi connectivity index (χ4n) is 2.44. The van der Waals surface area contributed by atoms with E-state index >= 15 is 0 Å². The topological polar surface area (TPSA) is 147 Å². The van der Waals surface area contributed by atoms with Gasteiger partial charge in [-0.05, 0) is 37.1 Å². The molecule has 1 aromatic heterocycles. The number of nitrogens with zero attached hydrogens (tertiary/aromatic N) is 2. The van der Waals surface area contributed by atoms with Crippen molar-refractivity contribution >= 4 is 27.4 Å². The second-order valence-electron chi connectivity index (χ2n) is 6.37. The largest absolute Gasteiger partial charge is 0.395 e. The maximum Gasteiger partial charge on any atom is 0.319 e. The van der Waals surface area contributed by atoms with Gasteiger partial charge in [0.05, 0.1) is 23.8 Å². The van der Waals surface area contributed by atoms with Crippen LogP contribution in [-0.2, 0) is 15.6 Å². The van der Waals surface area contributed by atoms with Crippen molar-refractivity contribution < 1.29 is 18.3 Å². The monoisotopic (exact) mass is 391 g/mol. The molecule has 1 fully saturated rings. The summed E-state index contributed by atoms with van der Waals surface area (Å²) in [5.74, 6) is -0.220. The van der Waals surface area contributed by atoms with Crippen molar-refractivity contribution in [3.05, 3.63) is 36.0 Å². The minimum atomic E-state index is -3.48. The molecule has 0 radical (unpaired) electrons. The molecule has 0 atom stereocenters. The molecular formula is C17H21N5O4S. The number of nitrogen functional groups attached to an aromatic ring is 1. The summed E-state index contributed by atoms with van der Waals surface area (Å²) < 4.78 is 23.8. The lowest BCUT2D eigenvalue weighted by molar-refractivity contribution is 0.251. The highest BCUT2D eigenvalue weighted by Crippen LogP contribution is 2.21. The van der Waals surface area contributed by atoms with Gasteiger partial charge in [0.15, 0.2) is 15.7 Å². The number of hydrogen-bond acceptors (Lipinski definition) is 7. The molecule has 0 bridgehead atoms. The first kappa shape index (κ1) is 19.1. The van der Waals surface area contributed by atoms with Crippen LogP contribution in [0.5, 0.6) is 0 Å². The number of nitrogens with one attached hydrogen (secondary N) is 2. The predicted octanol–water partition coefficient (Wildman–Crippen LogP) is 0.917. The smallest absolute Gasteiger partial charge is 0.319 e. The number of carbonyl (C=O) groups excluding carboxylic acids is 1. The fourth-order valence-corrected chi connectivity index (χ4v) is 3.46. The van der Waals surface area contributed by atoms with Crippen molar-refractivity contribution in [2.75, 3.05) is 23.4 Å². The Morgan fingerprint density at radius 1 is 1.22 bits per heavy atom. The molecular weight excluding hydrogens is 370 g/mol. The Labute approximate surface area is 156 Å². The third kappa shape index (κ3) is 5.63. The van der Waals surface area contributed by atoms with Gasteiger partial charge in [-0.3, -0.25) is 0 Å². The first-order chi connectivity index (χ1) is 12.8. The summed E-state index contributed by atoms with van der Waals surface area (Å²) in [6.45, 7) is -0.446. The number of nitrogens with two attached hydrogens (primary N) is 1. The van der Waals surface area contributed by atoms with Gasteiger partial charge in [0.25, 0.3) is 0 Å². The van der Waals surface area contributed by atoms with E-state index in [1.807, 2.05) is 0 Å². The lowest BCUT2D eigenvalue weighted by Crippen LogP contribution is -2.30. The second kappa shape index (κ2) is 7.89. The number of aliphatic hydroxyl groups excluding tert-OH is 1. The van der Waals surface area contributed by atoms with E-state index in [9.17, 15) is 13.2 Å². The molecule has 1 aliphatic rings. The van der Waals surface area contributed by atoms with Gasteiger partial charge < -0.3 is 21.5 Å². The minimum absolute atomic E-state index is 0.153. The minimum Gasteiger partial charge on any atom is -0.395 e. The molecule has 144 valence electrons. The van der Waals surface area contributed by atoms with Gasteiger partial charge in [0.1, 0.15) is 5.82 Å². The molecule has 9 nitrogen and oxygen atoms in total. The maximum absolute atomic E-state index is 11.9. The average molecular weight is 391 g/mol. The molecule has 0 saturated heterocycles. The van der Waals surface area contributed by atoms with Gasteiger partial charge in [-0.1, -0.05) is 0 Å². The Hall–Kier alpha value is -2.72. The van der Waals surface area contributed by atoms with Crippen molar-refractivity contribution in [3.8, 4) is 11.4 Å². The number of aromatic nitrogens is 2. The molecule has 0 aliphatic heterocycles. The number of urea groups is 1. The van der Waals surface area contributed by atoms with Crippen LogP contribution in [0.1, 0.15) is 18.5 Å². The quantitative estimate of drug-likeness (QED) is 0.548. The number of carbonyl (C=O) groups is 1. The number of rotatable bonds is 7. The van der Waals surface area contributed by atoms with Gasteiger partial charge in [0.2, 0.25) is 0 Å². The Morgan fingerprint density at radius 3 is 2.56 bits per heavy atom. The summed E-state index contributed by atoms with van der Waals surface area (Å²) in [6.07, 6.45) is 2.02. The van der Waals surface area contributed by atoms with Gasteiger partial charge >= 0.3 is 6.03 Å². The normalized spacial score (nSPS) is 14.0. The van der Waals surface area contributed by atoms with Crippen molar-refractivity contribution in [1.82, 2.24) is 15.3 Å². The predicted molar refractivity (Wildman–Crippen MR) is 102 cm³/mol. The molecule has 3 rings (SSSR count). The molecule has 1 heterocycles. The molecule has 2 aromatic rings. The first-order valence-electron chi connectivity index (χ1n) is 8.47. The van der Waals surface area contributed by atoms with Crippen LogP contribution in [0.4, 0.5) is 16.3 Å². The molecule has 5 N–H and O–H groups in total. The van der Waals surface area contributed by atoms with E-state index in [0.29, 0.717) is 11.3 Å². The van der Waals surface area contributed by atoms with Crippen LogP contribution < -0.4 is 16.4 Å². The molecule has 2 amide bonds. The Bertz CT molecular complexity index is 927. The van der Waals surface area contributed by atoms with E-state index in [1.54, 1.807) is 24.3 Å². The lowest BCUT2D eigenvalue weighted by Gasteiger charge is -2.09. The molecule has 1 aromatic carbocycles. The standard InChI is InChI=1S/C17H21N5O4S/c18-15-9-14(10-27(25,26)8-7-23)19-16(22-15)11-1-3-12(4-2-11)20-17(24)21-13-5-6-13/h1-4,9,13,23H,5-8,10H2,(H2,18,19,22)(H2,20,21,24). The maximum atomic E-state index is 11.9. The van der Waals surface area contributed by atoms with Gasteiger partial charge in [-0.2, -0.15) is 0 Å². The van der Waals surface area contributed by atoms with E-state index in [0.717, 1.165) is 12.8 Å². The molecule has 0 spiro atoms. The van der Waals surface area contributed by atoms with E-state index < -0.39 is 16.4 Å². The third-order valence-corrected chi connectivity index (χ3v) is 5.42. The van der Waals surface area contributed by atoms with E-state index in [-0.39, 0.29) is 40.9 Å². The van der Waals surface area contributed by atoms with Crippen molar-refractivity contribution in [1.29, 1.82) is 0 Å². The summed E-state index contributed by atoms with van der Waals surface area (Å²) in [6, 6.07) is 8.26. The number of aliphatic hydroxyl groups is 1. The summed E-state index contributed by atoms with van der Waals surface area (Å²) in [5.41, 5.74) is 7.29. The van der Waals surface area contributed by atoms with Crippen LogP contribution in [0.2, 0.25) is 0 Å². The SMILES string of the molecule is Nc1cc(CS(=O)(=O)CCO)nc(-c2ccc(NC(=O)NC3CC3)cc2)n1. The van der Waals surface area contributed by atoms with Crippen LogP contribution in [0, 0.1) is 0 Å². The van der Waals surface area contributed by atoms with E-state index in [4.69, 9.17) is 10.8 Å². The second-order valence-corrected chi connectivity index (χ2v) is 8.56. The lowest BCUT2D eigenvalue weighted by atomic mass is 10.2. The highest BCUT2D eigenvalue weighted by atomic mass is 32.2. The molecule has 10 heteroatoms. The van der Waals surface area contributed by atoms with Crippen molar-refractivity contribution in [2.24, 2.45) is 0 Å². The van der Waals surface area contributed by atoms with Crippen LogP contribution in [0.3, 0.4) is 0 Å². The van der Waals surface area contributed by atoms with Crippen LogP contribution in [-0.4, -0.2) is 47.9 Å². The average Bonchev–Trinajstić information content (AvgIpc) is 3.38. The van der Waals surface area contributed by atoms with Crippen molar-refractivity contribution in [3.63, 3.8) is 0 Å². The highest BCUT2D eigenvalue weighted by molar-refractivity contribution is 7.90. The molecule has 0 unspecified atom stereocenters. The summed E-state index contributed by atoms with van der Waals surface area (Å²) >= 11 is 0. The Morgan fingerprint density at radius 2 is 1.93 bits per heavy atom. The van der Waals surface area contributed by atoms with E-state index in [2.05, 4.69) is 20.6 Å². The Balaban J connectivity index is 1.74. The van der Waals surface area contributed by atoms with Gasteiger partial charge in [-0.25, -0.2) is 23.2 Å². The highest BCUT2D eigenvalue weighted by Gasteiger charge is 2.23. The summed E-state index contributed by atoms with van der Waals surface area (Å²) in [5, 5.41) is 14.4. The zero-order valence-corrected chi connectivity index (χ0v) is 15.4. The summed E-state index contributed by atoms with van der Waals surface area (Å²) in [7, 11) is -3.48. The number of amides is 2. The molecule has 1 aliphatic carbocycles. The van der Waals surface area contributed by atoms with Crippen LogP contribution in [0.25, 0.3) is 11.4 Å². The van der Waals surface area contributed by atoms with Crippen molar-refractivity contribution in [2.45, 2.75) is 24.6 Å². The first-order valence-corrected chi connectivity index (χ1v) is 10.3. The van der Waals surface area contributed by atoms with Crippen LogP contribution >= 0.6 is 0 Å². The fraction of sp³-hybridized carbons (Fsp3) is 0.353. The van der Waals surface area contributed by atoms with Gasteiger partial charge in [0, 0.05) is 23.4 Å². The number of hydrogen-bond donors (Lipinski definition) is 4. The number of sulfone groups is 1.